The fourth-order valence-electron chi connectivity index (χ4n) is 0.924. The summed E-state index contributed by atoms with van der Waals surface area (Å²) in [5.74, 6) is -0.263. The molecule has 0 aromatic carbocycles. The van der Waals surface area contributed by atoms with E-state index in [9.17, 15) is 4.79 Å². The zero-order valence-electron chi connectivity index (χ0n) is 11.1. The zero-order valence-corrected chi connectivity index (χ0v) is 14.0. The molecule has 6 nitrogen and oxygen atoms in total. The van der Waals surface area contributed by atoms with Gasteiger partial charge in [-0.1, -0.05) is 0 Å². The zero-order chi connectivity index (χ0) is 14.8. The van der Waals surface area contributed by atoms with E-state index in [0.717, 1.165) is 9.59 Å². The molecular weight excluding hydrogens is 270 g/mol. The first-order valence-electron chi connectivity index (χ1n) is 5.68. The standard InChI is InChI=1S/C10H17O2.Na.H3O4P/c1-4-5-6-7-8-12-10(11)9(2)3;;1-5(2,3)4/h5H,2,4,6-8H2,1,3H3;;(H3,1,2,3,4). The second kappa shape index (κ2) is 11.2. The van der Waals surface area contributed by atoms with Gasteiger partial charge in [0.1, 0.15) is 0 Å². The first-order chi connectivity index (χ1) is 8.07. The SMILES string of the molecule is C=C(C)C(=O)OCCC[CH]([Na])CC.O=P(O)(O)O. The maximum atomic E-state index is 10.9. The Morgan fingerprint density at radius 3 is 2.22 bits per heavy atom. The minimum Gasteiger partial charge on any atom is -0.303 e. The minimum atomic E-state index is -4.64. The first-order valence-corrected chi connectivity index (χ1v) is 8.40. The van der Waals surface area contributed by atoms with Crippen LogP contribution in [0.3, 0.4) is 0 Å². The van der Waals surface area contributed by atoms with Gasteiger partial charge in [0, 0.05) is 0 Å². The molecule has 0 aliphatic carbocycles. The molecule has 0 saturated heterocycles. The van der Waals surface area contributed by atoms with Crippen LogP contribution >= 0.6 is 7.82 Å². The van der Waals surface area contributed by atoms with Crippen molar-refractivity contribution in [2.75, 3.05) is 6.61 Å². The molecule has 0 heterocycles. The molecule has 0 rings (SSSR count). The van der Waals surface area contributed by atoms with Gasteiger partial charge in [0.05, 0.1) is 0 Å². The third-order valence-electron chi connectivity index (χ3n) is 2.12. The van der Waals surface area contributed by atoms with Crippen LogP contribution < -0.4 is 0 Å². The molecule has 0 spiro atoms. The van der Waals surface area contributed by atoms with Crippen LogP contribution in [0.2, 0.25) is 3.17 Å². The van der Waals surface area contributed by atoms with Crippen LogP contribution in [-0.4, -0.2) is 55.2 Å². The summed E-state index contributed by atoms with van der Waals surface area (Å²) in [6, 6.07) is 0. The Labute approximate surface area is 125 Å². The maximum absolute atomic E-state index is 10.9. The average Bonchev–Trinajstić information content (AvgIpc) is 2.21. The molecule has 0 bridgehead atoms. The van der Waals surface area contributed by atoms with Gasteiger partial charge in [0.15, 0.2) is 0 Å². The molecule has 1 unspecified atom stereocenters. The van der Waals surface area contributed by atoms with Crippen LogP contribution in [0.1, 0.15) is 33.1 Å². The van der Waals surface area contributed by atoms with E-state index in [-0.39, 0.29) is 5.97 Å². The van der Waals surface area contributed by atoms with Crippen LogP contribution in [0, 0.1) is 0 Å². The van der Waals surface area contributed by atoms with Gasteiger partial charge in [0.2, 0.25) is 0 Å². The number of carbonyl (C=O) groups excluding carboxylic acids is 1. The van der Waals surface area contributed by atoms with Crippen molar-refractivity contribution in [1.29, 1.82) is 0 Å². The Balaban J connectivity index is 0. The van der Waals surface area contributed by atoms with Crippen LogP contribution in [0.5, 0.6) is 0 Å². The van der Waals surface area contributed by atoms with E-state index >= 15 is 0 Å². The summed E-state index contributed by atoms with van der Waals surface area (Å²) in [5, 5.41) is 0. The summed E-state index contributed by atoms with van der Waals surface area (Å²) >= 11 is 1.24. The van der Waals surface area contributed by atoms with Crippen molar-refractivity contribution in [2.45, 2.75) is 36.3 Å². The molecule has 1 atom stereocenters. The van der Waals surface area contributed by atoms with Crippen molar-refractivity contribution in [3.63, 3.8) is 0 Å². The van der Waals surface area contributed by atoms with Gasteiger partial charge in [-0.15, -0.1) is 0 Å². The monoisotopic (exact) mass is 290 g/mol. The number of esters is 1. The van der Waals surface area contributed by atoms with Gasteiger partial charge in [-0.2, -0.15) is 0 Å². The van der Waals surface area contributed by atoms with E-state index in [4.69, 9.17) is 24.0 Å². The summed E-state index contributed by atoms with van der Waals surface area (Å²) in [5.41, 5.74) is 0.484. The Morgan fingerprint density at radius 1 is 1.44 bits per heavy atom. The number of rotatable bonds is 6. The van der Waals surface area contributed by atoms with Crippen molar-refractivity contribution in [3.05, 3.63) is 12.2 Å². The molecule has 18 heavy (non-hydrogen) atoms. The van der Waals surface area contributed by atoms with E-state index in [0.29, 0.717) is 12.2 Å². The Hall–Kier alpha value is 0.320. The van der Waals surface area contributed by atoms with Gasteiger partial charge < -0.3 is 14.7 Å². The van der Waals surface area contributed by atoms with Gasteiger partial charge in [-0.25, -0.2) is 4.57 Å². The third-order valence-corrected chi connectivity index (χ3v) is 3.51. The number of hydrogen-bond donors (Lipinski definition) is 3. The van der Waals surface area contributed by atoms with Crippen molar-refractivity contribution < 1.29 is 28.8 Å². The van der Waals surface area contributed by atoms with Crippen LogP contribution in [0.4, 0.5) is 0 Å². The van der Waals surface area contributed by atoms with Gasteiger partial charge in [-0.3, -0.25) is 0 Å². The van der Waals surface area contributed by atoms with Crippen LogP contribution in [-0.2, 0) is 14.1 Å². The van der Waals surface area contributed by atoms with Crippen molar-refractivity contribution in [2.24, 2.45) is 0 Å². The molecule has 3 N–H and O–H groups in total. The fraction of sp³-hybridized carbons (Fsp3) is 0.700. The Kier molecular flexibility index (Phi) is 12.8. The molecule has 8 heteroatoms. The molecular formula is C10H20NaO6P. The Bertz CT molecular complexity index is 292. The van der Waals surface area contributed by atoms with Crippen LogP contribution in [0.15, 0.2) is 12.2 Å². The normalized spacial score (nSPS) is 12.2. The van der Waals surface area contributed by atoms with E-state index in [2.05, 4.69) is 13.5 Å². The second-order valence-electron chi connectivity index (χ2n) is 4.09. The molecule has 0 aromatic heterocycles. The Morgan fingerprint density at radius 2 is 1.89 bits per heavy atom. The van der Waals surface area contributed by atoms with E-state index in [1.165, 1.54) is 40.8 Å². The number of carbonyl (C=O) groups is 1. The second-order valence-corrected chi connectivity index (χ2v) is 6.74. The molecule has 0 aromatic rings. The molecule has 0 amide bonds. The molecule has 0 fully saturated rings. The van der Waals surface area contributed by atoms with E-state index < -0.39 is 7.82 Å². The summed E-state index contributed by atoms with van der Waals surface area (Å²) in [4.78, 5) is 32.5. The third kappa shape index (κ3) is 21.6. The summed E-state index contributed by atoms with van der Waals surface area (Å²) in [7, 11) is -4.64. The molecule has 102 valence electrons. The van der Waals surface area contributed by atoms with E-state index in [1.807, 2.05) is 0 Å². The smallest absolute Gasteiger partial charge is 0.303 e. The van der Waals surface area contributed by atoms with Crippen LogP contribution in [0.25, 0.3) is 0 Å². The summed E-state index contributed by atoms with van der Waals surface area (Å²) < 4.78 is 14.7. The van der Waals surface area contributed by atoms with E-state index in [1.54, 1.807) is 6.92 Å². The first kappa shape index (κ1) is 20.6. The number of hydrogen-bond acceptors (Lipinski definition) is 3. The molecule has 0 aliphatic rings. The topological polar surface area (TPSA) is 104 Å². The molecule has 0 radical (unpaired) electrons. The summed E-state index contributed by atoms with van der Waals surface area (Å²) in [6.07, 6.45) is 3.42. The minimum absolute atomic E-state index is 0.263. The van der Waals surface area contributed by atoms with Crippen molar-refractivity contribution in [3.8, 4) is 0 Å². The predicted octanol–water partition coefficient (Wildman–Crippen LogP) is 1.32. The number of phosphoric acid groups is 1. The van der Waals surface area contributed by atoms with Gasteiger partial charge in [0.25, 0.3) is 0 Å². The fourth-order valence-corrected chi connectivity index (χ4v) is 1.33. The molecule has 0 saturated carbocycles. The van der Waals surface area contributed by atoms with Crippen molar-refractivity contribution >= 4 is 41.7 Å². The predicted molar refractivity (Wildman–Crippen MR) is 69.1 cm³/mol. The molecule has 0 aliphatic heterocycles. The van der Waals surface area contributed by atoms with Crippen molar-refractivity contribution in [1.82, 2.24) is 0 Å². The maximum Gasteiger partial charge on any atom is 0.466 e. The van der Waals surface area contributed by atoms with Gasteiger partial charge in [-0.05, 0) is 0 Å². The largest absolute Gasteiger partial charge is 0.466 e. The summed E-state index contributed by atoms with van der Waals surface area (Å²) in [6.45, 7) is 7.94. The quantitative estimate of drug-likeness (QED) is 0.224. The number of ether oxygens (including phenoxy) is 1. The van der Waals surface area contributed by atoms with Gasteiger partial charge >= 0.3 is 106 Å². The average molecular weight is 290 g/mol.